The quantitative estimate of drug-likeness (QED) is 0.789. The van der Waals surface area contributed by atoms with Gasteiger partial charge in [-0.3, -0.25) is 14.5 Å². The zero-order valence-electron chi connectivity index (χ0n) is 14.2. The van der Waals surface area contributed by atoms with Crippen molar-refractivity contribution >= 4 is 5.91 Å². The number of carbonyl (C=O) groups excluding carboxylic acids is 1. The van der Waals surface area contributed by atoms with E-state index in [9.17, 15) is 4.79 Å². The van der Waals surface area contributed by atoms with Crippen molar-refractivity contribution in [3.05, 3.63) is 52.7 Å². The van der Waals surface area contributed by atoms with E-state index in [1.807, 2.05) is 20.2 Å². The summed E-state index contributed by atoms with van der Waals surface area (Å²) in [5.41, 5.74) is 5.52. The number of aromatic nitrogens is 4. The fourth-order valence-electron chi connectivity index (χ4n) is 3.10. The Kier molecular flexibility index (Phi) is 3.83. The number of rotatable bonds is 4. The molecular weight excluding hydrogens is 318 g/mol. The van der Waals surface area contributed by atoms with Gasteiger partial charge < -0.3 is 9.84 Å². The van der Waals surface area contributed by atoms with Gasteiger partial charge >= 0.3 is 0 Å². The number of amides is 1. The maximum Gasteiger partial charge on any atom is 0.273 e. The van der Waals surface area contributed by atoms with Gasteiger partial charge in [0, 0.05) is 37.2 Å². The van der Waals surface area contributed by atoms with Crippen molar-refractivity contribution < 1.29 is 9.32 Å². The van der Waals surface area contributed by atoms with Crippen LogP contribution in [0.1, 0.15) is 39.4 Å². The molecule has 1 aliphatic carbocycles. The summed E-state index contributed by atoms with van der Waals surface area (Å²) in [7, 11) is 1.85. The highest BCUT2D eigenvalue weighted by Gasteiger charge is 2.17. The summed E-state index contributed by atoms with van der Waals surface area (Å²) in [6.45, 7) is 2.36. The minimum atomic E-state index is -0.267. The molecule has 0 unspecified atom stereocenters. The maximum atomic E-state index is 12.3. The summed E-state index contributed by atoms with van der Waals surface area (Å²) < 4.78 is 7.05. The Morgan fingerprint density at radius 2 is 2.20 bits per heavy atom. The van der Waals surface area contributed by atoms with Gasteiger partial charge in [0.1, 0.15) is 0 Å². The monoisotopic (exact) mass is 337 g/mol. The highest BCUT2D eigenvalue weighted by atomic mass is 16.5. The molecule has 1 amide bonds. The second-order valence-corrected chi connectivity index (χ2v) is 6.33. The fraction of sp³-hybridized carbons (Fsp3) is 0.333. The van der Waals surface area contributed by atoms with Crippen molar-refractivity contribution in [2.45, 2.75) is 32.7 Å². The first kappa shape index (κ1) is 15.6. The van der Waals surface area contributed by atoms with Crippen molar-refractivity contribution in [1.29, 1.82) is 0 Å². The normalized spacial score (nSPS) is 13.0. The van der Waals surface area contributed by atoms with Gasteiger partial charge in [-0.1, -0.05) is 11.2 Å². The lowest BCUT2D eigenvalue weighted by Crippen LogP contribution is -2.23. The molecule has 0 fully saturated rings. The van der Waals surface area contributed by atoms with Crippen LogP contribution in [0.2, 0.25) is 0 Å². The molecule has 0 saturated heterocycles. The third kappa shape index (κ3) is 2.93. The molecule has 0 atom stereocenters. The van der Waals surface area contributed by atoms with Gasteiger partial charge in [0.2, 0.25) is 0 Å². The van der Waals surface area contributed by atoms with E-state index in [2.05, 4.69) is 26.6 Å². The zero-order chi connectivity index (χ0) is 17.4. The second-order valence-electron chi connectivity index (χ2n) is 6.33. The summed E-state index contributed by atoms with van der Waals surface area (Å²) in [6, 6.07) is 3.77. The SMILES string of the molecule is Cc1c(-c2cc(C(=O)NCc3cnc4c(c3)CCC4)no2)cnn1C. The van der Waals surface area contributed by atoms with Gasteiger partial charge in [0.25, 0.3) is 5.91 Å². The topological polar surface area (TPSA) is 85.8 Å². The Morgan fingerprint density at radius 1 is 1.32 bits per heavy atom. The van der Waals surface area contributed by atoms with Crippen LogP contribution in [0.25, 0.3) is 11.3 Å². The molecule has 3 heterocycles. The van der Waals surface area contributed by atoms with Gasteiger partial charge in [0.15, 0.2) is 11.5 Å². The smallest absolute Gasteiger partial charge is 0.273 e. The van der Waals surface area contributed by atoms with Gasteiger partial charge in [-0.25, -0.2) is 0 Å². The summed E-state index contributed by atoms with van der Waals surface area (Å²) >= 11 is 0. The Labute approximate surface area is 145 Å². The van der Waals surface area contributed by atoms with E-state index in [-0.39, 0.29) is 11.6 Å². The number of nitrogens with zero attached hydrogens (tertiary/aromatic N) is 4. The molecule has 1 N–H and O–H groups in total. The first-order valence-corrected chi connectivity index (χ1v) is 8.32. The number of nitrogens with one attached hydrogen (secondary N) is 1. The zero-order valence-corrected chi connectivity index (χ0v) is 14.2. The average molecular weight is 337 g/mol. The number of carbonyl (C=O) groups is 1. The summed E-state index contributed by atoms with van der Waals surface area (Å²) in [5, 5.41) is 10.9. The van der Waals surface area contributed by atoms with Crippen LogP contribution in [0.15, 0.2) is 29.0 Å². The maximum absolute atomic E-state index is 12.3. The minimum absolute atomic E-state index is 0.257. The van der Waals surface area contributed by atoms with Crippen LogP contribution < -0.4 is 5.32 Å². The highest BCUT2D eigenvalue weighted by molar-refractivity contribution is 5.93. The summed E-state index contributed by atoms with van der Waals surface area (Å²) in [5.74, 6) is 0.270. The molecular formula is C18H19N5O2. The molecule has 7 nitrogen and oxygen atoms in total. The Morgan fingerprint density at radius 3 is 3.00 bits per heavy atom. The number of hydrogen-bond acceptors (Lipinski definition) is 5. The Balaban J connectivity index is 1.44. The summed E-state index contributed by atoms with van der Waals surface area (Å²) in [4.78, 5) is 16.8. The molecule has 25 heavy (non-hydrogen) atoms. The third-order valence-corrected chi connectivity index (χ3v) is 4.67. The molecule has 0 spiro atoms. The van der Waals surface area contributed by atoms with E-state index in [1.165, 1.54) is 11.3 Å². The standard InChI is InChI=1S/C18H19N5O2/c1-11-14(10-21-23(11)2)17-7-16(22-25-17)18(24)20-9-12-6-13-4-3-5-15(13)19-8-12/h6-8,10H,3-5,9H2,1-2H3,(H,20,24). The van der Waals surface area contributed by atoms with Crippen molar-refractivity contribution in [3.8, 4) is 11.3 Å². The molecule has 0 aromatic carbocycles. The van der Waals surface area contributed by atoms with E-state index < -0.39 is 0 Å². The first-order valence-electron chi connectivity index (χ1n) is 8.32. The Hall–Kier alpha value is -2.96. The lowest BCUT2D eigenvalue weighted by molar-refractivity contribution is 0.0942. The number of aryl methyl sites for hydroxylation is 3. The summed E-state index contributed by atoms with van der Waals surface area (Å²) in [6.07, 6.45) is 6.82. The molecule has 3 aromatic rings. The fourth-order valence-corrected chi connectivity index (χ4v) is 3.10. The molecule has 0 saturated carbocycles. The molecule has 0 aliphatic heterocycles. The number of fused-ring (bicyclic) bond motifs is 1. The molecule has 128 valence electrons. The van der Waals surface area contributed by atoms with Gasteiger partial charge in [-0.15, -0.1) is 0 Å². The van der Waals surface area contributed by atoms with Crippen LogP contribution in [0, 0.1) is 6.92 Å². The average Bonchev–Trinajstić information content (AvgIpc) is 3.33. The number of pyridine rings is 1. The second kappa shape index (κ2) is 6.16. The predicted octanol–water partition coefficient (Wildman–Crippen LogP) is 2.20. The van der Waals surface area contributed by atoms with E-state index >= 15 is 0 Å². The molecule has 1 aliphatic rings. The lowest BCUT2D eigenvalue weighted by atomic mass is 10.1. The number of hydrogen-bond donors (Lipinski definition) is 1. The largest absolute Gasteiger partial charge is 0.355 e. The first-order chi connectivity index (χ1) is 12.1. The van der Waals surface area contributed by atoms with Gasteiger partial charge in [-0.05, 0) is 37.3 Å². The van der Waals surface area contributed by atoms with Gasteiger partial charge in [-0.2, -0.15) is 5.10 Å². The van der Waals surface area contributed by atoms with Crippen molar-refractivity contribution in [2.24, 2.45) is 7.05 Å². The van der Waals surface area contributed by atoms with Crippen LogP contribution in [0.4, 0.5) is 0 Å². The van der Waals surface area contributed by atoms with Crippen molar-refractivity contribution in [2.75, 3.05) is 0 Å². The van der Waals surface area contributed by atoms with Crippen molar-refractivity contribution in [1.82, 2.24) is 25.2 Å². The van der Waals surface area contributed by atoms with Crippen LogP contribution in [0.5, 0.6) is 0 Å². The van der Waals surface area contributed by atoms with Crippen LogP contribution in [0.3, 0.4) is 0 Å². The van der Waals surface area contributed by atoms with E-state index in [0.717, 1.165) is 36.1 Å². The lowest BCUT2D eigenvalue weighted by Gasteiger charge is -2.05. The molecule has 4 rings (SSSR count). The minimum Gasteiger partial charge on any atom is -0.355 e. The highest BCUT2D eigenvalue weighted by Crippen LogP contribution is 2.23. The molecule has 3 aromatic heterocycles. The molecule has 0 bridgehead atoms. The van der Waals surface area contributed by atoms with Crippen LogP contribution in [-0.2, 0) is 26.4 Å². The third-order valence-electron chi connectivity index (χ3n) is 4.67. The Bertz CT molecular complexity index is 941. The van der Waals surface area contributed by atoms with Crippen LogP contribution in [-0.4, -0.2) is 25.8 Å². The van der Waals surface area contributed by atoms with E-state index in [1.54, 1.807) is 16.9 Å². The van der Waals surface area contributed by atoms with E-state index in [0.29, 0.717) is 12.3 Å². The van der Waals surface area contributed by atoms with Crippen LogP contribution >= 0.6 is 0 Å². The predicted molar refractivity (Wildman–Crippen MR) is 90.9 cm³/mol. The van der Waals surface area contributed by atoms with E-state index in [4.69, 9.17) is 4.52 Å². The molecule has 0 radical (unpaired) electrons. The van der Waals surface area contributed by atoms with Crippen molar-refractivity contribution in [3.63, 3.8) is 0 Å². The molecule has 7 heteroatoms. The van der Waals surface area contributed by atoms with Gasteiger partial charge in [0.05, 0.1) is 11.8 Å².